The van der Waals surface area contributed by atoms with Gasteiger partial charge in [-0.25, -0.2) is 0 Å². The van der Waals surface area contributed by atoms with Gasteiger partial charge in [0, 0.05) is 37.9 Å². The molecule has 0 saturated heterocycles. The Morgan fingerprint density at radius 3 is 3.06 bits per heavy atom. The van der Waals surface area contributed by atoms with Crippen molar-refractivity contribution in [3.63, 3.8) is 0 Å². The maximum Gasteiger partial charge on any atom is 0.227 e. The summed E-state index contributed by atoms with van der Waals surface area (Å²) in [6.45, 7) is 2.62. The van der Waals surface area contributed by atoms with Crippen LogP contribution in [0.1, 0.15) is 31.9 Å². The van der Waals surface area contributed by atoms with Gasteiger partial charge in [-0.2, -0.15) is 5.10 Å². The van der Waals surface area contributed by atoms with E-state index in [-0.39, 0.29) is 17.4 Å². The largest absolute Gasteiger partial charge is 0.355 e. The molecule has 2 unspecified atom stereocenters. The zero-order valence-corrected chi connectivity index (χ0v) is 11.1. The van der Waals surface area contributed by atoms with Crippen LogP contribution in [0.3, 0.4) is 0 Å². The highest BCUT2D eigenvalue weighted by molar-refractivity contribution is 5.83. The highest BCUT2D eigenvalue weighted by Crippen LogP contribution is 2.36. The number of nitrogens with two attached hydrogens (primary N) is 1. The van der Waals surface area contributed by atoms with E-state index in [2.05, 4.69) is 10.4 Å². The van der Waals surface area contributed by atoms with Crippen LogP contribution in [0.5, 0.6) is 0 Å². The first-order chi connectivity index (χ1) is 8.54. The molecule has 5 heteroatoms. The summed E-state index contributed by atoms with van der Waals surface area (Å²) in [5.74, 6) is 0.0923. The molecule has 100 valence electrons. The van der Waals surface area contributed by atoms with Crippen LogP contribution in [-0.2, 0) is 18.3 Å². The topological polar surface area (TPSA) is 72.9 Å². The van der Waals surface area contributed by atoms with Crippen molar-refractivity contribution in [2.45, 2.75) is 38.6 Å². The third kappa shape index (κ3) is 2.41. The van der Waals surface area contributed by atoms with E-state index in [1.54, 1.807) is 6.20 Å². The van der Waals surface area contributed by atoms with Gasteiger partial charge < -0.3 is 11.1 Å². The first-order valence-electron chi connectivity index (χ1n) is 6.55. The molecule has 1 aliphatic rings. The molecular weight excluding hydrogens is 228 g/mol. The predicted octanol–water partition coefficient (Wildman–Crippen LogP) is 0.596. The van der Waals surface area contributed by atoms with E-state index in [1.807, 2.05) is 24.7 Å². The Kier molecular flexibility index (Phi) is 3.71. The molecule has 5 nitrogen and oxygen atoms in total. The Hall–Kier alpha value is -1.36. The van der Waals surface area contributed by atoms with Crippen molar-refractivity contribution in [2.24, 2.45) is 18.2 Å². The zero-order valence-electron chi connectivity index (χ0n) is 11.1. The normalized spacial score (nSPS) is 27.4. The van der Waals surface area contributed by atoms with Gasteiger partial charge in [-0.1, -0.05) is 6.42 Å². The molecule has 1 saturated carbocycles. The molecule has 1 fully saturated rings. The van der Waals surface area contributed by atoms with Crippen molar-refractivity contribution in [3.05, 3.63) is 18.0 Å². The van der Waals surface area contributed by atoms with Crippen LogP contribution >= 0.6 is 0 Å². The second-order valence-corrected chi connectivity index (χ2v) is 5.37. The van der Waals surface area contributed by atoms with E-state index in [4.69, 9.17) is 5.73 Å². The minimum absolute atomic E-state index is 0.00537. The SMILES string of the molecule is Cn1nccc1CCNC(=O)C1(C)CCCC1N. The molecule has 18 heavy (non-hydrogen) atoms. The van der Waals surface area contributed by atoms with Gasteiger partial charge in [0.05, 0.1) is 5.41 Å². The number of carbonyl (C=O) groups excluding carboxylic acids is 1. The minimum Gasteiger partial charge on any atom is -0.355 e. The van der Waals surface area contributed by atoms with Gasteiger partial charge >= 0.3 is 0 Å². The first kappa shape index (κ1) is 13.1. The Morgan fingerprint density at radius 2 is 2.50 bits per heavy atom. The third-order valence-corrected chi connectivity index (χ3v) is 4.14. The van der Waals surface area contributed by atoms with E-state index < -0.39 is 0 Å². The number of hydrogen-bond donors (Lipinski definition) is 2. The van der Waals surface area contributed by atoms with Crippen LogP contribution in [0.2, 0.25) is 0 Å². The second-order valence-electron chi connectivity index (χ2n) is 5.37. The second kappa shape index (κ2) is 5.10. The van der Waals surface area contributed by atoms with Crippen molar-refractivity contribution in [1.82, 2.24) is 15.1 Å². The molecule has 1 heterocycles. The maximum atomic E-state index is 12.2. The summed E-state index contributed by atoms with van der Waals surface area (Å²) in [6, 6.07) is 1.96. The lowest BCUT2D eigenvalue weighted by Crippen LogP contribution is -2.47. The van der Waals surface area contributed by atoms with E-state index in [0.29, 0.717) is 6.54 Å². The summed E-state index contributed by atoms with van der Waals surface area (Å²) in [5, 5.41) is 7.10. The van der Waals surface area contributed by atoms with E-state index in [1.165, 1.54) is 0 Å². The highest BCUT2D eigenvalue weighted by Gasteiger charge is 2.42. The Labute approximate surface area is 108 Å². The average Bonchev–Trinajstić information content (AvgIpc) is 2.88. The number of nitrogens with one attached hydrogen (secondary N) is 1. The Bertz CT molecular complexity index is 428. The molecule has 1 aromatic rings. The van der Waals surface area contributed by atoms with Crippen molar-refractivity contribution < 1.29 is 4.79 Å². The molecular formula is C13H22N4O. The lowest BCUT2D eigenvalue weighted by molar-refractivity contribution is -0.130. The smallest absolute Gasteiger partial charge is 0.227 e. The monoisotopic (exact) mass is 250 g/mol. The van der Waals surface area contributed by atoms with Crippen molar-refractivity contribution >= 4 is 5.91 Å². The van der Waals surface area contributed by atoms with Crippen molar-refractivity contribution in [1.29, 1.82) is 0 Å². The van der Waals surface area contributed by atoms with E-state index in [9.17, 15) is 4.79 Å². The number of rotatable bonds is 4. The van der Waals surface area contributed by atoms with Gasteiger partial charge in [-0.3, -0.25) is 9.48 Å². The Morgan fingerprint density at radius 1 is 1.72 bits per heavy atom. The zero-order chi connectivity index (χ0) is 13.2. The fraction of sp³-hybridized carbons (Fsp3) is 0.692. The number of aryl methyl sites for hydroxylation is 1. The van der Waals surface area contributed by atoms with Crippen LogP contribution in [-0.4, -0.2) is 28.3 Å². The quantitative estimate of drug-likeness (QED) is 0.821. The maximum absolute atomic E-state index is 12.2. The van der Waals surface area contributed by atoms with Crippen LogP contribution in [0.4, 0.5) is 0 Å². The van der Waals surface area contributed by atoms with Gasteiger partial charge in [0.1, 0.15) is 0 Å². The summed E-state index contributed by atoms with van der Waals surface area (Å²) in [7, 11) is 1.91. The Balaban J connectivity index is 1.84. The van der Waals surface area contributed by atoms with E-state index >= 15 is 0 Å². The number of hydrogen-bond acceptors (Lipinski definition) is 3. The lowest BCUT2D eigenvalue weighted by atomic mass is 9.84. The minimum atomic E-state index is -0.382. The molecule has 0 bridgehead atoms. The van der Waals surface area contributed by atoms with Crippen LogP contribution in [0.15, 0.2) is 12.3 Å². The summed E-state index contributed by atoms with van der Waals surface area (Å²) in [4.78, 5) is 12.2. The molecule has 1 aliphatic carbocycles. The van der Waals surface area contributed by atoms with Gasteiger partial charge in [0.15, 0.2) is 0 Å². The summed E-state index contributed by atoms with van der Waals surface area (Å²) >= 11 is 0. The molecule has 3 N–H and O–H groups in total. The number of carbonyl (C=O) groups is 1. The molecule has 0 radical (unpaired) electrons. The third-order valence-electron chi connectivity index (χ3n) is 4.14. The van der Waals surface area contributed by atoms with Gasteiger partial charge in [-0.15, -0.1) is 0 Å². The molecule has 0 aliphatic heterocycles. The average molecular weight is 250 g/mol. The summed E-state index contributed by atoms with van der Waals surface area (Å²) in [6.07, 6.45) is 5.46. The lowest BCUT2D eigenvalue weighted by Gasteiger charge is -2.27. The van der Waals surface area contributed by atoms with Crippen LogP contribution in [0.25, 0.3) is 0 Å². The van der Waals surface area contributed by atoms with Gasteiger partial charge in [0.25, 0.3) is 0 Å². The van der Waals surface area contributed by atoms with E-state index in [0.717, 1.165) is 31.4 Å². The molecule has 0 aromatic carbocycles. The summed E-state index contributed by atoms with van der Waals surface area (Å²) in [5.41, 5.74) is 6.77. The number of aromatic nitrogens is 2. The number of amides is 1. The predicted molar refractivity (Wildman–Crippen MR) is 69.9 cm³/mol. The summed E-state index contributed by atoms with van der Waals surface area (Å²) < 4.78 is 1.83. The van der Waals surface area contributed by atoms with Gasteiger partial charge in [0.2, 0.25) is 5.91 Å². The highest BCUT2D eigenvalue weighted by atomic mass is 16.2. The van der Waals surface area contributed by atoms with Crippen molar-refractivity contribution in [3.8, 4) is 0 Å². The number of nitrogens with zero attached hydrogens (tertiary/aromatic N) is 2. The molecule has 1 aromatic heterocycles. The first-order valence-corrected chi connectivity index (χ1v) is 6.55. The van der Waals surface area contributed by atoms with Gasteiger partial charge in [-0.05, 0) is 25.8 Å². The molecule has 0 spiro atoms. The van der Waals surface area contributed by atoms with Crippen LogP contribution in [0, 0.1) is 5.41 Å². The molecule has 2 atom stereocenters. The van der Waals surface area contributed by atoms with Crippen molar-refractivity contribution in [2.75, 3.05) is 6.54 Å². The van der Waals surface area contributed by atoms with Crippen LogP contribution < -0.4 is 11.1 Å². The standard InChI is InChI=1S/C13H22N4O/c1-13(7-3-4-11(13)14)12(18)15-8-5-10-6-9-16-17(10)2/h6,9,11H,3-5,7-8,14H2,1-2H3,(H,15,18). The fourth-order valence-corrected chi connectivity index (χ4v) is 2.63. The molecule has 2 rings (SSSR count). The fourth-order valence-electron chi connectivity index (χ4n) is 2.63. The molecule has 1 amide bonds.